The first-order valence-corrected chi connectivity index (χ1v) is 24.2. The second-order valence-corrected chi connectivity index (χ2v) is 18.4. The van der Waals surface area contributed by atoms with Gasteiger partial charge in [-0.15, -0.1) is 0 Å². The summed E-state index contributed by atoms with van der Waals surface area (Å²) in [6.45, 7) is 8.52. The number of ether oxygens (including phenoxy) is 2. The van der Waals surface area contributed by atoms with Gasteiger partial charge in [0.15, 0.2) is 22.3 Å². The van der Waals surface area contributed by atoms with Gasteiger partial charge in [-0.25, -0.2) is 9.59 Å². The topological polar surface area (TPSA) is 173 Å². The van der Waals surface area contributed by atoms with Crippen molar-refractivity contribution >= 4 is 79.4 Å². The first-order valence-electron chi connectivity index (χ1n) is 22.0. The van der Waals surface area contributed by atoms with Crippen LogP contribution in [0.15, 0.2) is 98.0 Å². The summed E-state index contributed by atoms with van der Waals surface area (Å²) in [6, 6.07) is 25.6. The maximum absolute atomic E-state index is 13.7. The largest absolute Gasteiger partial charge is 0.492 e. The molecular weight excluding hydrogens is 1070 g/mol. The first-order chi connectivity index (χ1) is 32.1. The molecule has 6 heterocycles. The van der Waals surface area contributed by atoms with Gasteiger partial charge < -0.3 is 29.9 Å². The molecule has 7 aromatic rings. The van der Waals surface area contributed by atoms with Crippen LogP contribution in [0.2, 0.25) is 0 Å². The number of fused-ring (bicyclic) bond motifs is 2. The minimum Gasteiger partial charge on any atom is -0.492 e. The van der Waals surface area contributed by atoms with Gasteiger partial charge in [0.05, 0.1) is 32.8 Å². The van der Waals surface area contributed by atoms with E-state index in [0.717, 1.165) is 83.0 Å². The van der Waals surface area contributed by atoms with Gasteiger partial charge >= 0.3 is 11.4 Å². The summed E-state index contributed by atoms with van der Waals surface area (Å²) >= 11 is 4.63. The van der Waals surface area contributed by atoms with E-state index >= 15 is 0 Å². The fourth-order valence-electron chi connectivity index (χ4n) is 8.36. The molecule has 2 saturated heterocycles. The van der Waals surface area contributed by atoms with Gasteiger partial charge in [-0.1, -0.05) is 54.6 Å². The first kappa shape index (κ1) is 47.2. The van der Waals surface area contributed by atoms with Crippen molar-refractivity contribution in [3.05, 3.63) is 139 Å². The highest BCUT2D eigenvalue weighted by Crippen LogP contribution is 2.25. The molecule has 3 aromatic carbocycles. The van der Waals surface area contributed by atoms with E-state index in [0.29, 0.717) is 47.1 Å². The number of halogens is 2. The third-order valence-corrected chi connectivity index (χ3v) is 14.0. The molecule has 9 rings (SSSR count). The van der Waals surface area contributed by atoms with Gasteiger partial charge in [0, 0.05) is 74.2 Å². The molecule has 2 N–H and O–H groups in total. The molecule has 2 fully saturated rings. The van der Waals surface area contributed by atoms with Crippen LogP contribution < -0.4 is 47.7 Å². The van der Waals surface area contributed by atoms with E-state index in [-0.39, 0.29) is 43.1 Å². The van der Waals surface area contributed by atoms with Gasteiger partial charge in [-0.3, -0.25) is 37.0 Å². The molecule has 0 atom stereocenters. The Morgan fingerprint density at radius 2 is 1.03 bits per heavy atom. The molecule has 348 valence electrons. The minimum atomic E-state index is -0.398. The summed E-state index contributed by atoms with van der Waals surface area (Å²) < 4.78 is 22.5. The second-order valence-electron chi connectivity index (χ2n) is 16.1. The van der Waals surface area contributed by atoms with Gasteiger partial charge in [-0.05, 0) is 93.5 Å². The van der Waals surface area contributed by atoms with Crippen LogP contribution >= 0.6 is 45.2 Å². The number of piperazine rings is 1. The van der Waals surface area contributed by atoms with E-state index in [1.807, 2.05) is 63.7 Å². The van der Waals surface area contributed by atoms with Crippen molar-refractivity contribution < 1.29 is 9.47 Å². The maximum Gasteiger partial charge on any atom is 0.332 e. The van der Waals surface area contributed by atoms with Crippen LogP contribution in [0.3, 0.4) is 0 Å². The van der Waals surface area contributed by atoms with Crippen molar-refractivity contribution in [3.8, 4) is 5.75 Å². The van der Waals surface area contributed by atoms with Crippen molar-refractivity contribution in [2.75, 3.05) is 82.5 Å². The molecule has 0 saturated carbocycles. The molecule has 2 aliphatic rings. The monoisotopic (exact) mass is 1120 g/mol. The van der Waals surface area contributed by atoms with E-state index < -0.39 is 5.69 Å². The van der Waals surface area contributed by atoms with E-state index in [1.54, 1.807) is 21.2 Å². The maximum atomic E-state index is 13.7. The van der Waals surface area contributed by atoms with Crippen molar-refractivity contribution in [2.24, 2.45) is 14.1 Å². The zero-order chi connectivity index (χ0) is 46.3. The third kappa shape index (κ3) is 10.0. The van der Waals surface area contributed by atoms with Crippen molar-refractivity contribution in [3.63, 3.8) is 0 Å². The Morgan fingerprint density at radius 1 is 0.576 bits per heavy atom. The molecule has 4 aromatic heterocycles. The average molecular weight is 1120 g/mol. The number of nitrogens with one attached hydrogen (secondary N) is 2. The highest BCUT2D eigenvalue weighted by Gasteiger charge is 2.27. The van der Waals surface area contributed by atoms with Gasteiger partial charge in [-0.2, -0.15) is 9.97 Å². The molecule has 0 radical (unpaired) electrons. The average Bonchev–Trinajstić information content (AvgIpc) is 3.78. The fraction of sp³-hybridized carbons (Fsp3) is 0.391. The molecule has 0 unspecified atom stereocenters. The summed E-state index contributed by atoms with van der Waals surface area (Å²) in [7, 11) is 4.90. The third-order valence-electron chi connectivity index (χ3n) is 11.9. The molecule has 0 spiro atoms. The zero-order valence-electron chi connectivity index (χ0n) is 37.3. The number of anilines is 2. The van der Waals surface area contributed by atoms with Gasteiger partial charge in [0.1, 0.15) is 12.4 Å². The van der Waals surface area contributed by atoms with Crippen LogP contribution in [0.5, 0.6) is 5.75 Å². The Bertz CT molecular complexity index is 3050. The predicted molar refractivity (Wildman–Crippen MR) is 274 cm³/mol. The summed E-state index contributed by atoms with van der Waals surface area (Å²) in [5, 5.41) is 6.77. The molecule has 0 amide bonds. The lowest BCUT2D eigenvalue weighted by atomic mass is 10.2. The van der Waals surface area contributed by atoms with Crippen LogP contribution in [0.4, 0.5) is 11.9 Å². The highest BCUT2D eigenvalue weighted by atomic mass is 127. The number of aryl methyl sites for hydroxylation is 2. The molecule has 18 nitrogen and oxygen atoms in total. The molecule has 2 aliphatic heterocycles. The van der Waals surface area contributed by atoms with Crippen LogP contribution in [0.25, 0.3) is 22.3 Å². The van der Waals surface area contributed by atoms with E-state index in [9.17, 15) is 19.2 Å². The van der Waals surface area contributed by atoms with Crippen LogP contribution in [0.1, 0.15) is 17.5 Å². The van der Waals surface area contributed by atoms with Crippen LogP contribution in [0, 0.1) is 7.14 Å². The summed E-state index contributed by atoms with van der Waals surface area (Å²) in [6.07, 6.45) is 0.989. The molecule has 0 aliphatic carbocycles. The smallest absolute Gasteiger partial charge is 0.332 e. The molecule has 20 heteroatoms. The SMILES string of the molecule is COCCn1c(=O)c2c(nc(N3CCCNCC3)n2Cc2ccccc2I)n(C)c1=O.Cn1c(=O)n(CCOc2ccccc2)c(=O)c2c1nc(N1CCNCC1)n2Cc1ccccc1I. The normalized spacial score (nSPS) is 14.4. The zero-order valence-corrected chi connectivity index (χ0v) is 41.6. The van der Waals surface area contributed by atoms with E-state index in [4.69, 9.17) is 19.4 Å². The highest BCUT2D eigenvalue weighted by molar-refractivity contribution is 14.1. The van der Waals surface area contributed by atoms with Crippen molar-refractivity contribution in [2.45, 2.75) is 32.6 Å². The lowest BCUT2D eigenvalue weighted by Gasteiger charge is -2.28. The summed E-state index contributed by atoms with van der Waals surface area (Å²) in [5.74, 6) is 2.14. The van der Waals surface area contributed by atoms with Crippen molar-refractivity contribution in [1.29, 1.82) is 0 Å². The number of imidazole rings is 2. The lowest BCUT2D eigenvalue weighted by molar-refractivity contribution is 0.184. The molecular formula is C46H54I2N12O6. The predicted octanol–water partition coefficient (Wildman–Crippen LogP) is 3.03. The number of hydrogen-bond acceptors (Lipinski definition) is 12. The van der Waals surface area contributed by atoms with E-state index in [2.05, 4.69) is 89.9 Å². The Morgan fingerprint density at radius 3 is 1.53 bits per heavy atom. The number of rotatable bonds is 13. The number of hydrogen-bond donors (Lipinski definition) is 2. The van der Waals surface area contributed by atoms with E-state index in [1.165, 1.54) is 18.3 Å². The number of methoxy groups -OCH3 is 1. The number of para-hydroxylation sites is 1. The molecule has 0 bridgehead atoms. The number of benzene rings is 3. The minimum absolute atomic E-state index is 0.146. The fourth-order valence-corrected chi connectivity index (χ4v) is 9.47. The van der Waals surface area contributed by atoms with Gasteiger partial charge in [0.25, 0.3) is 11.1 Å². The van der Waals surface area contributed by atoms with Crippen molar-refractivity contribution in [1.82, 2.24) is 48.0 Å². The molecule has 66 heavy (non-hydrogen) atoms. The quantitative estimate of drug-likeness (QED) is 0.162. The number of aromatic nitrogens is 8. The lowest BCUT2D eigenvalue weighted by Crippen LogP contribution is -2.44. The Kier molecular flexibility index (Phi) is 15.4. The van der Waals surface area contributed by atoms with Gasteiger partial charge in [0.2, 0.25) is 11.9 Å². The Balaban J connectivity index is 0.000000181. The second kappa shape index (κ2) is 21.6. The number of nitrogens with zero attached hydrogens (tertiary/aromatic N) is 10. The van der Waals surface area contributed by atoms with Crippen LogP contribution in [-0.4, -0.2) is 110 Å². The Hall–Kier alpha value is -5.30. The van der Waals surface area contributed by atoms with Crippen LogP contribution in [-0.2, 0) is 45.0 Å². The summed E-state index contributed by atoms with van der Waals surface area (Å²) in [5.41, 5.74) is 2.45. The summed E-state index contributed by atoms with van der Waals surface area (Å²) in [4.78, 5) is 67.3. The standard InChI is InChI=1S/C25H27IN6O3.C21H27IN6O3/c1-29-22-21(23(33)31(25(29)34)15-16-35-19-8-3-2-4-9-19)32(17-18-7-5-6-10-20(18)26)24(28-22)30-13-11-27-12-14-30;1-25-18-17(19(29)27(21(25)30)12-13-31-2)28(14-15-6-3-4-7-16(15)22)20(24-18)26-10-5-8-23-9-11-26/h2-10,27H,11-17H2,1H3;3-4,6-7,23H,5,8-14H2,1-2H3. The Labute approximate surface area is 408 Å².